The smallest absolute Gasteiger partial charge is 0.236 e. The molecule has 1 aromatic heterocycles. The molecule has 0 fully saturated rings. The van der Waals surface area contributed by atoms with Gasteiger partial charge in [-0.1, -0.05) is 18.2 Å². The number of benzene rings is 1. The maximum atomic E-state index is 12.4. The standard InChI is InChI=1S/C9H7FN2O2S2/c10-15-12-7-6-11-9(12)16(13,14)8-4-2-1-3-5-8/h1-7H. The molecule has 0 aliphatic carbocycles. The highest BCUT2D eigenvalue weighted by Crippen LogP contribution is 2.22. The quantitative estimate of drug-likeness (QED) is 0.846. The summed E-state index contributed by atoms with van der Waals surface area (Å²) in [7, 11) is -3.75. The van der Waals surface area contributed by atoms with Gasteiger partial charge in [-0.05, 0) is 12.1 Å². The second-order valence-corrected chi connectivity index (χ2v) is 5.30. The van der Waals surface area contributed by atoms with Gasteiger partial charge in [-0.15, -0.1) is 3.89 Å². The minimum Gasteiger partial charge on any atom is -0.236 e. The molecule has 0 bridgehead atoms. The Morgan fingerprint density at radius 2 is 1.94 bits per heavy atom. The highest BCUT2D eigenvalue weighted by Gasteiger charge is 2.23. The lowest BCUT2D eigenvalue weighted by Crippen LogP contribution is -2.07. The van der Waals surface area contributed by atoms with Crippen LogP contribution in [0.1, 0.15) is 0 Å². The lowest BCUT2D eigenvalue weighted by molar-refractivity contribution is 0.587. The summed E-state index contributed by atoms with van der Waals surface area (Å²) < 4.78 is 37.3. The third-order valence-corrected chi connectivity index (χ3v) is 4.18. The number of nitrogens with zero attached hydrogens (tertiary/aromatic N) is 2. The maximum Gasteiger partial charge on any atom is 0.244 e. The van der Waals surface area contributed by atoms with Gasteiger partial charge in [0.25, 0.3) is 0 Å². The van der Waals surface area contributed by atoms with Crippen LogP contribution in [0.4, 0.5) is 3.89 Å². The number of imidazole rings is 1. The van der Waals surface area contributed by atoms with E-state index in [1.807, 2.05) is 0 Å². The second kappa shape index (κ2) is 4.26. The first-order valence-corrected chi connectivity index (χ1v) is 6.44. The minimum absolute atomic E-state index is 0.0940. The Bertz CT molecular complexity index is 581. The van der Waals surface area contributed by atoms with Gasteiger partial charge in [0.05, 0.1) is 4.90 Å². The third kappa shape index (κ3) is 1.83. The fraction of sp³-hybridized carbons (Fsp3) is 0. The molecule has 0 aliphatic heterocycles. The summed E-state index contributed by atoms with van der Waals surface area (Å²) in [5, 5.41) is -0.314. The first-order chi connectivity index (χ1) is 7.66. The van der Waals surface area contributed by atoms with Crippen molar-refractivity contribution in [3.8, 4) is 0 Å². The van der Waals surface area contributed by atoms with Gasteiger partial charge in [-0.2, -0.15) is 0 Å². The minimum atomic E-state index is -3.75. The van der Waals surface area contributed by atoms with Crippen LogP contribution in [-0.2, 0) is 9.84 Å². The van der Waals surface area contributed by atoms with E-state index in [2.05, 4.69) is 4.98 Å². The van der Waals surface area contributed by atoms with Crippen molar-refractivity contribution in [3.05, 3.63) is 42.7 Å². The molecule has 2 rings (SSSR count). The van der Waals surface area contributed by atoms with E-state index in [4.69, 9.17) is 0 Å². The number of hydrogen-bond acceptors (Lipinski definition) is 4. The Labute approximate surface area is 96.5 Å². The highest BCUT2D eigenvalue weighted by molar-refractivity contribution is 7.95. The summed E-state index contributed by atoms with van der Waals surface area (Å²) in [6, 6.07) is 7.79. The number of halogens is 1. The van der Waals surface area contributed by atoms with Crippen LogP contribution in [-0.4, -0.2) is 17.4 Å². The normalized spacial score (nSPS) is 11.6. The van der Waals surface area contributed by atoms with Crippen molar-refractivity contribution < 1.29 is 12.3 Å². The number of hydrogen-bond donors (Lipinski definition) is 0. The molecule has 84 valence electrons. The first-order valence-electron chi connectivity index (χ1n) is 4.29. The molecular weight excluding hydrogens is 251 g/mol. The van der Waals surface area contributed by atoms with Crippen LogP contribution in [0.5, 0.6) is 0 Å². The monoisotopic (exact) mass is 258 g/mol. The van der Waals surface area contributed by atoms with E-state index >= 15 is 0 Å². The molecule has 4 nitrogen and oxygen atoms in total. The topological polar surface area (TPSA) is 52.0 Å². The summed E-state index contributed by atoms with van der Waals surface area (Å²) in [6.07, 6.45) is 2.49. The summed E-state index contributed by atoms with van der Waals surface area (Å²) in [5.74, 6) is 0. The van der Waals surface area contributed by atoms with Crippen molar-refractivity contribution in [1.29, 1.82) is 0 Å². The Kier molecular flexibility index (Phi) is 2.97. The van der Waals surface area contributed by atoms with E-state index in [1.165, 1.54) is 24.5 Å². The Hall–Kier alpha value is -1.34. The summed E-state index contributed by atoms with van der Waals surface area (Å²) in [6.45, 7) is 0. The fourth-order valence-corrected chi connectivity index (χ4v) is 3.03. The summed E-state index contributed by atoms with van der Waals surface area (Å²) in [5.41, 5.74) is 0. The van der Waals surface area contributed by atoms with Crippen LogP contribution in [0, 0.1) is 0 Å². The van der Waals surface area contributed by atoms with Gasteiger partial charge in [0.15, 0.2) is 12.3 Å². The van der Waals surface area contributed by atoms with Crippen LogP contribution >= 0.6 is 12.3 Å². The summed E-state index contributed by atoms with van der Waals surface area (Å²) >= 11 is -0.201. The molecule has 2 aromatic rings. The van der Waals surface area contributed by atoms with Gasteiger partial charge in [-0.25, -0.2) is 17.4 Å². The summed E-state index contributed by atoms with van der Waals surface area (Å²) in [4.78, 5) is 3.74. The van der Waals surface area contributed by atoms with Gasteiger partial charge < -0.3 is 0 Å². The van der Waals surface area contributed by atoms with Gasteiger partial charge in [0, 0.05) is 12.4 Å². The van der Waals surface area contributed by atoms with Crippen LogP contribution in [0.3, 0.4) is 0 Å². The molecule has 0 amide bonds. The zero-order valence-electron chi connectivity index (χ0n) is 7.95. The van der Waals surface area contributed by atoms with Crippen molar-refractivity contribution in [2.75, 3.05) is 0 Å². The van der Waals surface area contributed by atoms with Gasteiger partial charge >= 0.3 is 0 Å². The molecule has 0 saturated heterocycles. The lowest BCUT2D eigenvalue weighted by Gasteiger charge is -2.03. The molecule has 0 saturated carbocycles. The molecule has 1 heterocycles. The van der Waals surface area contributed by atoms with Crippen LogP contribution in [0.25, 0.3) is 0 Å². The Balaban J connectivity index is 2.56. The molecule has 0 aliphatic rings. The van der Waals surface area contributed by atoms with E-state index in [1.54, 1.807) is 18.2 Å². The molecule has 0 spiro atoms. The molecule has 0 atom stereocenters. The van der Waals surface area contributed by atoms with E-state index in [9.17, 15) is 12.3 Å². The molecule has 0 unspecified atom stereocenters. The predicted molar refractivity (Wildman–Crippen MR) is 58.2 cm³/mol. The van der Waals surface area contributed by atoms with Crippen LogP contribution in [0.2, 0.25) is 0 Å². The first kappa shape index (κ1) is 11.2. The zero-order valence-corrected chi connectivity index (χ0v) is 9.58. The van der Waals surface area contributed by atoms with Crippen molar-refractivity contribution in [3.63, 3.8) is 0 Å². The van der Waals surface area contributed by atoms with Gasteiger partial charge in [-0.3, -0.25) is 0 Å². The molecule has 7 heteroatoms. The molecule has 1 aromatic carbocycles. The van der Waals surface area contributed by atoms with Crippen LogP contribution < -0.4 is 0 Å². The molecule has 0 N–H and O–H groups in total. The zero-order chi connectivity index (χ0) is 11.6. The Morgan fingerprint density at radius 3 is 2.56 bits per heavy atom. The molecule has 16 heavy (non-hydrogen) atoms. The average Bonchev–Trinajstić information content (AvgIpc) is 2.79. The Morgan fingerprint density at radius 1 is 1.25 bits per heavy atom. The number of rotatable bonds is 3. The number of sulfone groups is 1. The fourth-order valence-electron chi connectivity index (χ4n) is 1.22. The van der Waals surface area contributed by atoms with Crippen molar-refractivity contribution in [2.24, 2.45) is 0 Å². The highest BCUT2D eigenvalue weighted by atomic mass is 32.2. The number of aromatic nitrogens is 2. The predicted octanol–water partition coefficient (Wildman–Crippen LogP) is 2.10. The van der Waals surface area contributed by atoms with Crippen molar-refractivity contribution >= 4 is 22.2 Å². The SMILES string of the molecule is O=S(=O)(c1ccccc1)c1nccn1SF. The van der Waals surface area contributed by atoms with Crippen molar-refractivity contribution in [1.82, 2.24) is 8.96 Å². The van der Waals surface area contributed by atoms with Crippen molar-refractivity contribution in [2.45, 2.75) is 10.1 Å². The largest absolute Gasteiger partial charge is 0.244 e. The van der Waals surface area contributed by atoms with E-state index in [0.29, 0.717) is 0 Å². The third-order valence-electron chi connectivity index (χ3n) is 1.94. The lowest BCUT2D eigenvalue weighted by atomic mass is 10.4. The molecular formula is C9H7FN2O2S2. The van der Waals surface area contributed by atoms with Crippen LogP contribution in [0.15, 0.2) is 52.8 Å². The van der Waals surface area contributed by atoms with Gasteiger partial charge in [0.1, 0.15) is 0 Å². The molecule has 0 radical (unpaired) electrons. The van der Waals surface area contributed by atoms with E-state index < -0.39 is 9.84 Å². The average molecular weight is 258 g/mol. The second-order valence-electron chi connectivity index (χ2n) is 2.92. The van der Waals surface area contributed by atoms with E-state index in [0.717, 1.165) is 3.97 Å². The maximum absolute atomic E-state index is 12.4. The van der Waals surface area contributed by atoms with E-state index in [-0.39, 0.29) is 22.4 Å². The van der Waals surface area contributed by atoms with Gasteiger partial charge in [0.2, 0.25) is 15.0 Å².